The first-order valence-corrected chi connectivity index (χ1v) is 11.9. The Labute approximate surface area is 216 Å². The van der Waals surface area contributed by atoms with Gasteiger partial charge in [0, 0.05) is 68.0 Å². The number of hydrogen-bond acceptors (Lipinski definition) is 6. The Hall–Kier alpha value is -4.27. The first-order valence-electron chi connectivity index (χ1n) is 11.9. The average Bonchev–Trinajstić information content (AvgIpc) is 3.39. The van der Waals surface area contributed by atoms with Crippen LogP contribution >= 0.6 is 0 Å². The number of rotatable bonds is 4. The van der Waals surface area contributed by atoms with Crippen molar-refractivity contribution < 1.29 is 18.0 Å². The number of aromatic amines is 1. The minimum atomic E-state index is -4.55. The number of pyridine rings is 2. The van der Waals surface area contributed by atoms with Crippen LogP contribution in [0.15, 0.2) is 55.2 Å². The van der Waals surface area contributed by atoms with Gasteiger partial charge in [-0.15, -0.1) is 0 Å². The molecule has 1 amide bonds. The van der Waals surface area contributed by atoms with Gasteiger partial charge < -0.3 is 10.2 Å². The molecule has 1 aromatic carbocycles. The van der Waals surface area contributed by atoms with Gasteiger partial charge in [0.1, 0.15) is 0 Å². The maximum Gasteiger partial charge on any atom is 0.416 e. The largest absolute Gasteiger partial charge is 0.416 e. The third-order valence-corrected chi connectivity index (χ3v) is 6.37. The van der Waals surface area contributed by atoms with Gasteiger partial charge in [-0.25, -0.2) is 0 Å². The third kappa shape index (κ3) is 5.82. The number of halogens is 3. The van der Waals surface area contributed by atoms with Crippen molar-refractivity contribution in [3.05, 3.63) is 83.1 Å². The van der Waals surface area contributed by atoms with E-state index in [0.29, 0.717) is 24.2 Å². The minimum absolute atomic E-state index is 0.0543. The summed E-state index contributed by atoms with van der Waals surface area (Å²) in [6.45, 7) is 3.22. The number of H-pyrrole nitrogens is 1. The zero-order chi connectivity index (χ0) is 26.7. The van der Waals surface area contributed by atoms with Crippen molar-refractivity contribution in [3.63, 3.8) is 0 Å². The van der Waals surface area contributed by atoms with E-state index < -0.39 is 17.6 Å². The molecule has 0 saturated carbocycles. The van der Waals surface area contributed by atoms with Gasteiger partial charge in [0.25, 0.3) is 5.91 Å². The topological polar surface area (TPSA) is 90.0 Å². The number of carbonyl (C=O) groups excluding carboxylic acids is 1. The number of anilines is 1. The summed E-state index contributed by atoms with van der Waals surface area (Å²) in [5.74, 6) is 5.36. The summed E-state index contributed by atoms with van der Waals surface area (Å²) in [6, 6.07) is 5.44. The molecule has 3 aromatic heterocycles. The second kappa shape index (κ2) is 10.6. The predicted octanol–water partition coefficient (Wildman–Crippen LogP) is 3.77. The van der Waals surface area contributed by atoms with Crippen LogP contribution in [-0.2, 0) is 12.7 Å². The summed E-state index contributed by atoms with van der Waals surface area (Å²) in [7, 11) is 1.99. The predicted molar refractivity (Wildman–Crippen MR) is 136 cm³/mol. The van der Waals surface area contributed by atoms with E-state index in [1.165, 1.54) is 30.6 Å². The Balaban J connectivity index is 1.33. The zero-order valence-electron chi connectivity index (χ0n) is 20.5. The van der Waals surface area contributed by atoms with Gasteiger partial charge in [-0.3, -0.25) is 24.8 Å². The Morgan fingerprint density at radius 3 is 2.61 bits per heavy atom. The zero-order valence-corrected chi connectivity index (χ0v) is 20.5. The summed E-state index contributed by atoms with van der Waals surface area (Å²) in [6.07, 6.45) is 3.19. The lowest BCUT2D eigenvalue weighted by atomic mass is 10.0. The summed E-state index contributed by atoms with van der Waals surface area (Å²) in [5.41, 5.74) is 1.52. The molecule has 0 spiro atoms. The molecule has 38 heavy (non-hydrogen) atoms. The van der Waals surface area contributed by atoms with Crippen LogP contribution in [-0.4, -0.2) is 69.1 Å². The van der Waals surface area contributed by atoms with E-state index in [1.807, 2.05) is 11.9 Å². The second-order valence-corrected chi connectivity index (χ2v) is 9.13. The molecule has 2 N–H and O–H groups in total. The van der Waals surface area contributed by atoms with Gasteiger partial charge in [0.15, 0.2) is 0 Å². The molecule has 0 radical (unpaired) electrons. The highest BCUT2D eigenvalue weighted by Crippen LogP contribution is 2.34. The number of benzene rings is 1. The van der Waals surface area contributed by atoms with Crippen LogP contribution in [0.1, 0.15) is 32.6 Å². The Kier molecular flexibility index (Phi) is 7.09. The molecule has 1 aliphatic rings. The van der Waals surface area contributed by atoms with Gasteiger partial charge >= 0.3 is 6.18 Å². The number of aromatic nitrogens is 4. The molecule has 11 heteroatoms. The third-order valence-electron chi connectivity index (χ3n) is 6.37. The Bertz CT molecular complexity index is 1530. The van der Waals surface area contributed by atoms with Gasteiger partial charge in [0.05, 0.1) is 34.6 Å². The molecule has 0 aliphatic carbocycles. The Morgan fingerprint density at radius 2 is 1.82 bits per heavy atom. The van der Waals surface area contributed by atoms with Crippen LogP contribution < -0.4 is 5.32 Å². The minimum Gasteiger partial charge on any atom is -0.322 e. The number of piperazine rings is 1. The lowest BCUT2D eigenvalue weighted by molar-refractivity contribution is -0.138. The number of likely N-dealkylation sites (N-methyl/N-ethyl adjacent to an activating group) is 1. The van der Waals surface area contributed by atoms with Crippen molar-refractivity contribution in [2.75, 3.05) is 38.5 Å². The average molecular weight is 520 g/mol. The quantitative estimate of drug-likeness (QED) is 0.399. The number of fused-ring (bicyclic) bond motifs is 1. The van der Waals surface area contributed by atoms with Gasteiger partial charge in [-0.05, 0) is 30.8 Å². The number of amides is 1. The number of nitrogens with zero attached hydrogens (tertiary/aromatic N) is 5. The summed E-state index contributed by atoms with van der Waals surface area (Å²) in [4.78, 5) is 25.2. The van der Waals surface area contributed by atoms with Crippen molar-refractivity contribution in [1.82, 2.24) is 30.0 Å². The van der Waals surface area contributed by atoms with Crippen LogP contribution in [0.3, 0.4) is 0 Å². The molecule has 0 atom stereocenters. The van der Waals surface area contributed by atoms with Crippen LogP contribution in [0, 0.1) is 11.8 Å². The van der Waals surface area contributed by atoms with Gasteiger partial charge in [-0.2, -0.15) is 18.3 Å². The molecule has 0 bridgehead atoms. The first kappa shape index (κ1) is 25.4. The molecule has 1 aliphatic heterocycles. The van der Waals surface area contributed by atoms with Crippen molar-refractivity contribution in [2.45, 2.75) is 12.7 Å². The molecule has 194 valence electrons. The standard InChI is InChI=1S/C27H24F3N7O/c1-36-6-8-37(9-7-36)17-20-4-5-22(11-24(20)27(28,29)30)34-26(38)21-10-18(12-31-14-21)2-3-19-13-32-16-25-23(19)15-33-35-25/h4-5,10-16H,6-9,17H2,1H3,(H,33,35)(H,34,38). The van der Waals surface area contributed by atoms with Crippen LogP contribution in [0.5, 0.6) is 0 Å². The number of carbonyl (C=O) groups is 1. The SMILES string of the molecule is CN1CCN(Cc2ccc(NC(=O)c3cncc(C#Cc4cncc5[nH]ncc45)c3)cc2C(F)(F)F)CC1. The molecule has 1 fully saturated rings. The van der Waals surface area contributed by atoms with Gasteiger partial charge in [-0.1, -0.05) is 17.9 Å². The van der Waals surface area contributed by atoms with E-state index in [2.05, 4.69) is 42.2 Å². The molecule has 4 heterocycles. The summed E-state index contributed by atoms with van der Waals surface area (Å²) in [5, 5.41) is 10.2. The van der Waals surface area contributed by atoms with Crippen LogP contribution in [0.4, 0.5) is 18.9 Å². The summed E-state index contributed by atoms with van der Waals surface area (Å²) < 4.78 is 41.7. The Morgan fingerprint density at radius 1 is 1.03 bits per heavy atom. The maximum atomic E-state index is 13.9. The molecule has 5 rings (SSSR count). The fourth-order valence-corrected chi connectivity index (χ4v) is 4.24. The second-order valence-electron chi connectivity index (χ2n) is 9.13. The molecule has 8 nitrogen and oxygen atoms in total. The number of alkyl halides is 3. The smallest absolute Gasteiger partial charge is 0.322 e. The number of nitrogens with one attached hydrogen (secondary N) is 2. The van der Waals surface area contributed by atoms with E-state index in [4.69, 9.17) is 0 Å². The van der Waals surface area contributed by atoms with Crippen LogP contribution in [0.2, 0.25) is 0 Å². The molecular weight excluding hydrogens is 495 g/mol. The van der Waals surface area contributed by atoms with E-state index in [-0.39, 0.29) is 23.4 Å². The number of hydrogen-bond donors (Lipinski definition) is 2. The molecule has 1 saturated heterocycles. The first-order chi connectivity index (χ1) is 18.3. The summed E-state index contributed by atoms with van der Waals surface area (Å²) >= 11 is 0. The lowest BCUT2D eigenvalue weighted by Gasteiger charge is -2.33. The highest BCUT2D eigenvalue weighted by molar-refractivity contribution is 6.04. The highest BCUT2D eigenvalue weighted by Gasteiger charge is 2.34. The lowest BCUT2D eigenvalue weighted by Crippen LogP contribution is -2.44. The van der Waals surface area contributed by atoms with E-state index in [9.17, 15) is 18.0 Å². The molecule has 0 unspecified atom stereocenters. The molecular formula is C27H24F3N7O. The van der Waals surface area contributed by atoms with Gasteiger partial charge in [0.2, 0.25) is 0 Å². The normalized spacial score (nSPS) is 14.7. The van der Waals surface area contributed by atoms with E-state index >= 15 is 0 Å². The van der Waals surface area contributed by atoms with Crippen molar-refractivity contribution in [1.29, 1.82) is 0 Å². The van der Waals surface area contributed by atoms with Crippen LogP contribution in [0.25, 0.3) is 10.9 Å². The van der Waals surface area contributed by atoms with Crippen molar-refractivity contribution >= 4 is 22.5 Å². The van der Waals surface area contributed by atoms with Crippen molar-refractivity contribution in [3.8, 4) is 11.8 Å². The monoisotopic (exact) mass is 519 g/mol. The maximum absolute atomic E-state index is 13.9. The highest BCUT2D eigenvalue weighted by atomic mass is 19.4. The fraction of sp³-hybridized carbons (Fsp3) is 0.259. The molecule has 4 aromatic rings. The van der Waals surface area contributed by atoms with E-state index in [1.54, 1.807) is 18.6 Å². The fourth-order valence-electron chi connectivity index (χ4n) is 4.24. The van der Waals surface area contributed by atoms with Crippen molar-refractivity contribution in [2.24, 2.45) is 0 Å². The van der Waals surface area contributed by atoms with E-state index in [0.717, 1.165) is 30.1 Å².